The number of Topliss-reactive ketones (excluding diaryl/α,β-unsaturated/α-hetero) is 1. The summed E-state index contributed by atoms with van der Waals surface area (Å²) in [5.74, 6) is -0.699. The third-order valence-electron chi connectivity index (χ3n) is 3.65. The zero-order chi connectivity index (χ0) is 17.3. The number of halogens is 2. The van der Waals surface area contributed by atoms with E-state index in [1.165, 1.54) is 40.4 Å². The standard InChI is InChI=1S/C17H14ClFN2O2S/c1-2-12-7-13-16(24-12)20-9-21(17(13)23)8-11(22)5-10-3-4-15(19)14(18)6-10/h3-4,6-7,9H,2,5,8H2,1H3. The summed E-state index contributed by atoms with van der Waals surface area (Å²) in [6.07, 6.45) is 2.31. The largest absolute Gasteiger partial charge is 0.297 e. The van der Waals surface area contributed by atoms with Gasteiger partial charge in [-0.3, -0.25) is 14.2 Å². The number of carbonyl (C=O) groups excluding carboxylic acids is 1. The van der Waals surface area contributed by atoms with Crippen LogP contribution >= 0.6 is 22.9 Å². The van der Waals surface area contributed by atoms with Crippen molar-refractivity contribution in [3.8, 4) is 0 Å². The molecule has 0 aliphatic carbocycles. The highest BCUT2D eigenvalue weighted by Gasteiger charge is 2.12. The Morgan fingerprint density at radius 1 is 1.38 bits per heavy atom. The predicted octanol–water partition coefficient (Wildman–Crippen LogP) is 3.62. The third-order valence-corrected chi connectivity index (χ3v) is 5.13. The Hall–Kier alpha value is -2.05. The van der Waals surface area contributed by atoms with E-state index in [0.29, 0.717) is 15.8 Å². The van der Waals surface area contributed by atoms with E-state index in [2.05, 4.69) is 4.98 Å². The lowest BCUT2D eigenvalue weighted by molar-refractivity contribution is -0.119. The highest BCUT2D eigenvalue weighted by atomic mass is 35.5. The molecule has 0 unspecified atom stereocenters. The molecule has 0 fully saturated rings. The normalized spacial score (nSPS) is 11.1. The maximum absolute atomic E-state index is 13.1. The van der Waals surface area contributed by atoms with Crippen molar-refractivity contribution in [2.24, 2.45) is 0 Å². The first-order valence-electron chi connectivity index (χ1n) is 7.41. The van der Waals surface area contributed by atoms with Crippen LogP contribution in [0.5, 0.6) is 0 Å². The molecule has 2 aromatic heterocycles. The molecule has 4 nitrogen and oxygen atoms in total. The maximum Gasteiger partial charge on any atom is 0.262 e. The first-order chi connectivity index (χ1) is 11.5. The van der Waals surface area contributed by atoms with Crippen molar-refractivity contribution in [2.45, 2.75) is 26.3 Å². The van der Waals surface area contributed by atoms with Gasteiger partial charge in [0.1, 0.15) is 10.6 Å². The van der Waals surface area contributed by atoms with Crippen molar-refractivity contribution >= 4 is 38.9 Å². The fraction of sp³-hybridized carbons (Fsp3) is 0.235. The van der Waals surface area contributed by atoms with Crippen LogP contribution in [-0.4, -0.2) is 15.3 Å². The van der Waals surface area contributed by atoms with E-state index in [9.17, 15) is 14.0 Å². The van der Waals surface area contributed by atoms with E-state index < -0.39 is 5.82 Å². The molecule has 0 aliphatic heterocycles. The van der Waals surface area contributed by atoms with Crippen molar-refractivity contribution in [3.05, 3.63) is 62.2 Å². The number of benzene rings is 1. The van der Waals surface area contributed by atoms with Gasteiger partial charge in [-0.05, 0) is 30.2 Å². The average molecular weight is 365 g/mol. The summed E-state index contributed by atoms with van der Waals surface area (Å²) < 4.78 is 14.5. The van der Waals surface area contributed by atoms with Crippen LogP contribution in [0, 0.1) is 5.82 Å². The third kappa shape index (κ3) is 3.39. The van der Waals surface area contributed by atoms with Gasteiger partial charge < -0.3 is 0 Å². The van der Waals surface area contributed by atoms with Gasteiger partial charge in [0.05, 0.1) is 23.3 Å². The van der Waals surface area contributed by atoms with E-state index >= 15 is 0 Å². The number of ketones is 1. The minimum absolute atomic E-state index is 0.0223. The van der Waals surface area contributed by atoms with E-state index in [1.54, 1.807) is 0 Å². The average Bonchev–Trinajstić information content (AvgIpc) is 2.98. The number of nitrogens with zero attached hydrogens (tertiary/aromatic N) is 2. The molecule has 0 bridgehead atoms. The molecule has 24 heavy (non-hydrogen) atoms. The zero-order valence-corrected chi connectivity index (χ0v) is 14.5. The summed E-state index contributed by atoms with van der Waals surface area (Å²) in [7, 11) is 0. The minimum Gasteiger partial charge on any atom is -0.297 e. The van der Waals surface area contributed by atoms with E-state index in [4.69, 9.17) is 11.6 Å². The predicted molar refractivity (Wildman–Crippen MR) is 93.4 cm³/mol. The van der Waals surface area contributed by atoms with Crippen molar-refractivity contribution < 1.29 is 9.18 Å². The molecule has 0 amide bonds. The molecule has 2 heterocycles. The van der Waals surface area contributed by atoms with Crippen LogP contribution in [0.3, 0.4) is 0 Å². The van der Waals surface area contributed by atoms with Crippen molar-refractivity contribution in [3.63, 3.8) is 0 Å². The molecule has 0 saturated heterocycles. The van der Waals surface area contributed by atoms with Gasteiger partial charge in [0.15, 0.2) is 5.78 Å². The topological polar surface area (TPSA) is 52.0 Å². The molecule has 7 heteroatoms. The Balaban J connectivity index is 1.81. The summed E-state index contributed by atoms with van der Waals surface area (Å²) in [5.41, 5.74) is 0.388. The number of hydrogen-bond acceptors (Lipinski definition) is 4. The Morgan fingerprint density at radius 2 is 2.17 bits per heavy atom. The van der Waals surface area contributed by atoms with Crippen molar-refractivity contribution in [2.75, 3.05) is 0 Å². The van der Waals surface area contributed by atoms with Gasteiger partial charge in [0.2, 0.25) is 0 Å². The molecule has 124 valence electrons. The molecular weight excluding hydrogens is 351 g/mol. The highest BCUT2D eigenvalue weighted by molar-refractivity contribution is 7.18. The monoisotopic (exact) mass is 364 g/mol. The van der Waals surface area contributed by atoms with E-state index in [-0.39, 0.29) is 29.3 Å². The van der Waals surface area contributed by atoms with Gasteiger partial charge in [0.25, 0.3) is 5.56 Å². The molecule has 0 N–H and O–H groups in total. The molecule has 1 aromatic carbocycles. The number of rotatable bonds is 5. The Bertz CT molecular complexity index is 980. The summed E-state index contributed by atoms with van der Waals surface area (Å²) in [6.45, 7) is 1.94. The van der Waals surface area contributed by atoms with Crippen LogP contribution in [0.2, 0.25) is 5.02 Å². The molecule has 0 radical (unpaired) electrons. The van der Waals surface area contributed by atoms with Crippen LogP contribution in [0.4, 0.5) is 4.39 Å². The highest BCUT2D eigenvalue weighted by Crippen LogP contribution is 2.21. The summed E-state index contributed by atoms with van der Waals surface area (Å²) in [4.78, 5) is 30.7. The lowest BCUT2D eigenvalue weighted by Crippen LogP contribution is -2.25. The van der Waals surface area contributed by atoms with Crippen LogP contribution < -0.4 is 5.56 Å². The van der Waals surface area contributed by atoms with Crippen LogP contribution in [0.25, 0.3) is 10.2 Å². The summed E-state index contributed by atoms with van der Waals surface area (Å²) in [6, 6.07) is 5.99. The van der Waals surface area contributed by atoms with E-state index in [0.717, 1.165) is 11.3 Å². The molecule has 0 aliphatic rings. The SMILES string of the molecule is CCc1cc2c(=O)n(CC(=O)Cc3ccc(F)c(Cl)c3)cnc2s1. The van der Waals surface area contributed by atoms with Crippen molar-refractivity contribution in [1.29, 1.82) is 0 Å². The molecular formula is C17H14ClFN2O2S. The summed E-state index contributed by atoms with van der Waals surface area (Å²) >= 11 is 7.20. The number of hydrogen-bond donors (Lipinski definition) is 0. The first-order valence-corrected chi connectivity index (χ1v) is 8.61. The van der Waals surface area contributed by atoms with Gasteiger partial charge >= 0.3 is 0 Å². The van der Waals surface area contributed by atoms with Crippen LogP contribution in [0.1, 0.15) is 17.4 Å². The van der Waals surface area contributed by atoms with E-state index in [1.807, 2.05) is 13.0 Å². The Labute approximate surface area is 146 Å². The molecule has 3 aromatic rings. The number of carbonyl (C=O) groups is 1. The fourth-order valence-electron chi connectivity index (χ4n) is 2.42. The lowest BCUT2D eigenvalue weighted by atomic mass is 10.1. The number of fused-ring (bicyclic) bond motifs is 1. The second-order valence-electron chi connectivity index (χ2n) is 5.43. The Kier molecular flexibility index (Phi) is 4.78. The zero-order valence-electron chi connectivity index (χ0n) is 12.9. The molecule has 0 atom stereocenters. The Morgan fingerprint density at radius 3 is 2.88 bits per heavy atom. The van der Waals surface area contributed by atoms with Gasteiger partial charge in [-0.25, -0.2) is 9.37 Å². The second kappa shape index (κ2) is 6.83. The van der Waals surface area contributed by atoms with Crippen LogP contribution in [0.15, 0.2) is 35.4 Å². The second-order valence-corrected chi connectivity index (χ2v) is 6.95. The fourth-order valence-corrected chi connectivity index (χ4v) is 3.55. The van der Waals surface area contributed by atoms with Gasteiger partial charge in [-0.15, -0.1) is 11.3 Å². The van der Waals surface area contributed by atoms with Gasteiger partial charge in [0, 0.05) is 11.3 Å². The van der Waals surface area contributed by atoms with Crippen LogP contribution in [-0.2, 0) is 24.2 Å². The minimum atomic E-state index is -0.525. The first kappa shape index (κ1) is 16.8. The smallest absolute Gasteiger partial charge is 0.262 e. The number of thiophene rings is 1. The van der Waals surface area contributed by atoms with Crippen molar-refractivity contribution in [1.82, 2.24) is 9.55 Å². The number of aromatic nitrogens is 2. The molecule has 0 spiro atoms. The van der Waals surface area contributed by atoms with Gasteiger partial charge in [-0.2, -0.15) is 0 Å². The van der Waals surface area contributed by atoms with Gasteiger partial charge in [-0.1, -0.05) is 24.6 Å². The summed E-state index contributed by atoms with van der Waals surface area (Å²) in [5, 5.41) is 0.517. The number of aryl methyl sites for hydroxylation is 1. The maximum atomic E-state index is 13.1. The lowest BCUT2D eigenvalue weighted by Gasteiger charge is -2.05. The molecule has 0 saturated carbocycles. The quantitative estimate of drug-likeness (QED) is 0.694. The molecule has 3 rings (SSSR count).